The Kier molecular flexibility index (Phi) is 12.8. The van der Waals surface area contributed by atoms with Crippen LogP contribution >= 0.6 is 0 Å². The van der Waals surface area contributed by atoms with Crippen LogP contribution in [0.3, 0.4) is 0 Å². The first-order valence-corrected chi connectivity index (χ1v) is 20.9. The zero-order valence-corrected chi connectivity index (χ0v) is 34.0. The van der Waals surface area contributed by atoms with E-state index in [2.05, 4.69) is 26.0 Å². The largest absolute Gasteiger partial charge is 0.394 e. The minimum atomic E-state index is -1.57. The average Bonchev–Trinajstić information content (AvgIpc) is 3.46. The molecule has 7 N–H and O–H groups in total. The molecule has 7 aliphatic rings. The molecule has 322 valence electrons. The number of methoxy groups -OCH3 is 2. The maximum atomic E-state index is 12.7. The molecule has 3 saturated carbocycles. The minimum absolute atomic E-state index is 0.0729. The van der Waals surface area contributed by atoms with Gasteiger partial charge in [-0.05, 0) is 94.8 Å². The number of hydrogen-bond donors (Lipinski definition) is 7. The Labute approximate surface area is 330 Å². The van der Waals surface area contributed by atoms with Gasteiger partial charge in [-0.2, -0.15) is 0 Å². The lowest BCUT2D eigenvalue weighted by Crippen LogP contribution is -2.62. The highest BCUT2D eigenvalue weighted by Gasteiger charge is 2.66. The summed E-state index contributed by atoms with van der Waals surface area (Å²) in [5, 5.41) is 74.6. The first-order chi connectivity index (χ1) is 26.5. The topological polar surface area (TPSA) is 215 Å². The smallest absolute Gasteiger partial charge is 0.187 e. The number of hydrogen-bond acceptors (Lipinski definition) is 15. The van der Waals surface area contributed by atoms with Crippen molar-refractivity contribution in [3.05, 3.63) is 12.2 Å². The monoisotopic (exact) mass is 800 g/mol. The summed E-state index contributed by atoms with van der Waals surface area (Å²) in [6.45, 7) is 9.59. The minimum Gasteiger partial charge on any atom is -0.394 e. The normalized spacial score (nSPS) is 55.2. The van der Waals surface area contributed by atoms with E-state index in [-0.39, 0.29) is 29.3 Å². The van der Waals surface area contributed by atoms with Crippen LogP contribution in [0, 0.1) is 34.5 Å². The fraction of sp³-hybridized carbons (Fsp3) is 0.951. The molecule has 3 saturated heterocycles. The van der Waals surface area contributed by atoms with Crippen LogP contribution in [0.4, 0.5) is 0 Å². The predicted octanol–water partition coefficient (Wildman–Crippen LogP) is 1.14. The molecule has 7 rings (SSSR count). The molecule has 15 nitrogen and oxygen atoms in total. The zero-order chi connectivity index (χ0) is 40.5. The van der Waals surface area contributed by atoms with Gasteiger partial charge in [-0.3, -0.25) is 0 Å². The van der Waals surface area contributed by atoms with Crippen molar-refractivity contribution < 1.29 is 73.6 Å². The Morgan fingerprint density at radius 3 is 2.14 bits per heavy atom. The summed E-state index contributed by atoms with van der Waals surface area (Å²) in [7, 11) is 3.02. The van der Waals surface area contributed by atoms with Gasteiger partial charge in [-0.25, -0.2) is 0 Å². The Morgan fingerprint density at radius 1 is 0.732 bits per heavy atom. The molecule has 56 heavy (non-hydrogen) atoms. The molecule has 3 aliphatic heterocycles. The van der Waals surface area contributed by atoms with E-state index in [1.54, 1.807) is 21.0 Å². The van der Waals surface area contributed by atoms with Gasteiger partial charge in [0.2, 0.25) is 0 Å². The van der Waals surface area contributed by atoms with Crippen LogP contribution in [0.15, 0.2) is 12.2 Å². The molecule has 0 bridgehead atoms. The van der Waals surface area contributed by atoms with E-state index in [1.807, 2.05) is 6.92 Å². The highest BCUT2D eigenvalue weighted by atomic mass is 16.7. The van der Waals surface area contributed by atoms with Gasteiger partial charge in [0.15, 0.2) is 18.9 Å². The average molecular weight is 801 g/mol. The third-order valence-electron chi connectivity index (χ3n) is 15.8. The standard InChI is InChI=1S/C41H68O15/c1-19-30(43)36(50-7)34(47)38(52-19)54-23-10-13-39(4)22(16-23)8-9-24-25(39)11-14-40(5)26(24)12-15-41(40,48)21(3)53-29-17-27(49-6)35(20(2)51-29)56-37-33(46)32(45)31(44)28(18-42)55-37/h8-9,19-38,42-48H,10-18H2,1-7H3. The van der Waals surface area contributed by atoms with E-state index in [9.17, 15) is 35.7 Å². The number of aliphatic hydroxyl groups is 7. The first kappa shape index (κ1) is 43.2. The second-order valence-corrected chi connectivity index (χ2v) is 18.5. The van der Waals surface area contributed by atoms with Gasteiger partial charge in [0.25, 0.3) is 0 Å². The van der Waals surface area contributed by atoms with Gasteiger partial charge < -0.3 is 73.6 Å². The van der Waals surface area contributed by atoms with Crippen molar-refractivity contribution in [2.24, 2.45) is 34.5 Å². The highest BCUT2D eigenvalue weighted by Crippen LogP contribution is 2.67. The maximum absolute atomic E-state index is 12.7. The van der Waals surface area contributed by atoms with E-state index in [0.29, 0.717) is 24.2 Å². The van der Waals surface area contributed by atoms with Gasteiger partial charge in [0.05, 0.1) is 42.7 Å². The van der Waals surface area contributed by atoms with Crippen LogP contribution in [-0.4, -0.2) is 160 Å². The summed E-state index contributed by atoms with van der Waals surface area (Å²) < 4.78 is 48.0. The summed E-state index contributed by atoms with van der Waals surface area (Å²) in [5.74, 6) is 1.37. The van der Waals surface area contributed by atoms with Gasteiger partial charge in [-0.15, -0.1) is 0 Å². The number of rotatable bonds is 10. The van der Waals surface area contributed by atoms with Crippen LogP contribution in [0.25, 0.3) is 0 Å². The second kappa shape index (κ2) is 16.5. The molecule has 15 heteroatoms. The lowest BCUT2D eigenvalue weighted by atomic mass is 9.46. The van der Waals surface area contributed by atoms with Gasteiger partial charge in [0.1, 0.15) is 48.8 Å². The second-order valence-electron chi connectivity index (χ2n) is 18.5. The molecule has 0 aromatic carbocycles. The van der Waals surface area contributed by atoms with Crippen molar-refractivity contribution in [1.29, 1.82) is 0 Å². The molecule has 23 atom stereocenters. The van der Waals surface area contributed by atoms with Gasteiger partial charge >= 0.3 is 0 Å². The fourth-order valence-corrected chi connectivity index (χ4v) is 12.2. The van der Waals surface area contributed by atoms with Crippen molar-refractivity contribution in [2.45, 2.75) is 190 Å². The van der Waals surface area contributed by atoms with Gasteiger partial charge in [-0.1, -0.05) is 26.0 Å². The molecular weight excluding hydrogens is 732 g/mol. The highest BCUT2D eigenvalue weighted by molar-refractivity contribution is 5.21. The number of allylic oxidation sites excluding steroid dienone is 2. The summed E-state index contributed by atoms with van der Waals surface area (Å²) in [5.41, 5.74) is -1.40. The zero-order valence-electron chi connectivity index (χ0n) is 34.0. The SMILES string of the molecule is COC1CC(OC(C)C2(O)CCC3C4C=CC5CC(OC6OC(C)C(O)C(OC)C6O)CCC5(C)C4CCC32C)OC(C)C1OC1OC(CO)C(O)C(O)C1O. The van der Waals surface area contributed by atoms with Crippen LogP contribution in [-0.2, 0) is 37.9 Å². The quantitative estimate of drug-likeness (QED) is 0.154. The summed E-state index contributed by atoms with van der Waals surface area (Å²) in [6.07, 6.45) is -3.32. The molecule has 0 radical (unpaired) electrons. The lowest BCUT2D eigenvalue weighted by molar-refractivity contribution is -0.348. The predicted molar refractivity (Wildman–Crippen MR) is 198 cm³/mol. The molecule has 4 aliphatic carbocycles. The third-order valence-corrected chi connectivity index (χ3v) is 15.8. The number of aliphatic hydroxyl groups excluding tert-OH is 6. The summed E-state index contributed by atoms with van der Waals surface area (Å²) in [4.78, 5) is 0. The van der Waals surface area contributed by atoms with E-state index in [1.165, 1.54) is 7.11 Å². The molecule has 6 fully saturated rings. The molecule has 3 heterocycles. The number of ether oxygens (including phenoxy) is 8. The van der Waals surface area contributed by atoms with Crippen molar-refractivity contribution in [2.75, 3.05) is 20.8 Å². The summed E-state index contributed by atoms with van der Waals surface area (Å²) in [6, 6.07) is 0. The van der Waals surface area contributed by atoms with Crippen molar-refractivity contribution in [1.82, 2.24) is 0 Å². The molecule has 0 amide bonds. The molecular formula is C41H68O15. The lowest BCUT2D eigenvalue weighted by Gasteiger charge is -2.60. The Balaban J connectivity index is 0.981. The molecule has 0 spiro atoms. The first-order valence-electron chi connectivity index (χ1n) is 20.9. The molecule has 0 aromatic rings. The van der Waals surface area contributed by atoms with E-state index < -0.39 is 104 Å². The Morgan fingerprint density at radius 2 is 1.45 bits per heavy atom. The maximum Gasteiger partial charge on any atom is 0.187 e. The van der Waals surface area contributed by atoms with Crippen LogP contribution in [0.2, 0.25) is 0 Å². The number of fused-ring (bicyclic) bond motifs is 5. The molecule has 23 unspecified atom stereocenters. The van der Waals surface area contributed by atoms with E-state index >= 15 is 0 Å². The summed E-state index contributed by atoms with van der Waals surface area (Å²) >= 11 is 0. The van der Waals surface area contributed by atoms with Crippen molar-refractivity contribution in [3.63, 3.8) is 0 Å². The van der Waals surface area contributed by atoms with Gasteiger partial charge in [0, 0.05) is 26.1 Å². The van der Waals surface area contributed by atoms with Crippen molar-refractivity contribution in [3.8, 4) is 0 Å². The van der Waals surface area contributed by atoms with E-state index in [0.717, 1.165) is 38.5 Å². The van der Waals surface area contributed by atoms with Crippen LogP contribution in [0.1, 0.15) is 86.0 Å². The Bertz CT molecular complexity index is 1370. The fourth-order valence-electron chi connectivity index (χ4n) is 12.2. The Hall–Kier alpha value is -0.860. The van der Waals surface area contributed by atoms with E-state index in [4.69, 9.17) is 37.9 Å². The van der Waals surface area contributed by atoms with Crippen LogP contribution < -0.4 is 0 Å². The molecule has 0 aromatic heterocycles. The van der Waals surface area contributed by atoms with Crippen LogP contribution in [0.5, 0.6) is 0 Å². The third kappa shape index (κ3) is 7.25. The van der Waals surface area contributed by atoms with Crippen molar-refractivity contribution >= 4 is 0 Å².